The summed E-state index contributed by atoms with van der Waals surface area (Å²) in [6, 6.07) is 2.56. The van der Waals surface area contributed by atoms with Gasteiger partial charge in [0.05, 0.1) is 5.56 Å². The summed E-state index contributed by atoms with van der Waals surface area (Å²) < 4.78 is 80.6. The monoisotopic (exact) mass is 318 g/mol. The van der Waals surface area contributed by atoms with Crippen molar-refractivity contribution < 1.29 is 31.1 Å². The predicted molar refractivity (Wildman–Crippen MR) is 66.2 cm³/mol. The largest absolute Gasteiger partial charge is 0.294 e. The van der Waals surface area contributed by atoms with Gasteiger partial charge < -0.3 is 0 Å². The van der Waals surface area contributed by atoms with Gasteiger partial charge in [-0.25, -0.2) is 26.3 Å². The Hall–Kier alpha value is -2.31. The molecule has 0 aromatic heterocycles. The number of carbonyl (C=O) groups excluding carboxylic acids is 1. The zero-order chi connectivity index (χ0) is 16.6. The molecule has 0 heterocycles. The molecule has 22 heavy (non-hydrogen) atoms. The molecule has 0 amide bonds. The number of hydrogen-bond acceptors (Lipinski definition) is 1. The number of ketones is 1. The quantitative estimate of drug-likeness (QED) is 0.344. The van der Waals surface area contributed by atoms with Gasteiger partial charge in [0.2, 0.25) is 5.82 Å². The van der Waals surface area contributed by atoms with Gasteiger partial charge in [-0.1, -0.05) is 6.92 Å². The average molecular weight is 318 g/mol. The highest BCUT2D eigenvalue weighted by molar-refractivity contribution is 5.97. The van der Waals surface area contributed by atoms with Crippen LogP contribution in [0, 0.1) is 34.9 Å². The highest BCUT2D eigenvalue weighted by Gasteiger charge is 2.28. The molecule has 0 saturated carbocycles. The van der Waals surface area contributed by atoms with Crippen LogP contribution in [-0.2, 0) is 0 Å². The van der Waals surface area contributed by atoms with Crippen LogP contribution >= 0.6 is 0 Å². The summed E-state index contributed by atoms with van der Waals surface area (Å²) in [7, 11) is 0. The summed E-state index contributed by atoms with van der Waals surface area (Å²) in [5.41, 5.74) is -2.37. The van der Waals surface area contributed by atoms with Crippen molar-refractivity contribution in [3.63, 3.8) is 0 Å². The Labute approximate surface area is 121 Å². The molecule has 0 saturated heterocycles. The zero-order valence-electron chi connectivity index (χ0n) is 11.1. The Morgan fingerprint density at radius 1 is 0.864 bits per heavy atom. The molecule has 0 fully saturated rings. The molecule has 0 spiro atoms. The van der Waals surface area contributed by atoms with Crippen molar-refractivity contribution in [2.45, 2.75) is 13.3 Å². The van der Waals surface area contributed by atoms with E-state index in [0.29, 0.717) is 0 Å². The minimum atomic E-state index is -2.33. The molecule has 1 nitrogen and oxygen atoms in total. The van der Waals surface area contributed by atoms with Gasteiger partial charge in [0.15, 0.2) is 29.1 Å². The Bertz CT molecular complexity index is 740. The number of carbonyl (C=O) groups is 1. The number of halogens is 6. The first-order valence-electron chi connectivity index (χ1n) is 6.14. The van der Waals surface area contributed by atoms with Crippen molar-refractivity contribution in [1.29, 1.82) is 0 Å². The molecule has 0 atom stereocenters. The van der Waals surface area contributed by atoms with Crippen molar-refractivity contribution in [2.24, 2.45) is 0 Å². The Morgan fingerprint density at radius 2 is 1.36 bits per heavy atom. The normalized spacial score (nSPS) is 10.9. The van der Waals surface area contributed by atoms with Crippen molar-refractivity contribution >= 4 is 5.78 Å². The third-order valence-electron chi connectivity index (χ3n) is 3.09. The van der Waals surface area contributed by atoms with Gasteiger partial charge in [-0.3, -0.25) is 4.79 Å². The molecule has 2 aromatic rings. The lowest BCUT2D eigenvalue weighted by molar-refractivity contribution is 0.0988. The number of benzene rings is 2. The van der Waals surface area contributed by atoms with E-state index >= 15 is 0 Å². The summed E-state index contributed by atoms with van der Waals surface area (Å²) in [4.78, 5) is 11.5. The lowest BCUT2D eigenvalue weighted by atomic mass is 9.98. The maximum Gasteiger partial charge on any atom is 0.200 e. The van der Waals surface area contributed by atoms with Crippen molar-refractivity contribution in [3.05, 3.63) is 58.7 Å². The molecule has 7 heteroatoms. The van der Waals surface area contributed by atoms with Gasteiger partial charge in [0.1, 0.15) is 5.82 Å². The summed E-state index contributed by atoms with van der Waals surface area (Å²) >= 11 is 0. The van der Waals surface area contributed by atoms with Crippen LogP contribution in [0.4, 0.5) is 26.3 Å². The van der Waals surface area contributed by atoms with Crippen LogP contribution in [0.25, 0.3) is 11.1 Å². The maximum atomic E-state index is 13.8. The molecule has 2 rings (SSSR count). The van der Waals surface area contributed by atoms with E-state index in [4.69, 9.17) is 0 Å². The van der Waals surface area contributed by atoms with Gasteiger partial charge in [0.25, 0.3) is 0 Å². The first-order chi connectivity index (χ1) is 10.3. The van der Waals surface area contributed by atoms with Crippen LogP contribution in [-0.4, -0.2) is 5.78 Å². The SMILES string of the molecule is CCC(=O)c1ccc(F)c(-c2c(F)c(F)c(F)c(F)c2F)c1. The smallest absolute Gasteiger partial charge is 0.200 e. The Kier molecular flexibility index (Phi) is 4.25. The summed E-state index contributed by atoms with van der Waals surface area (Å²) in [5.74, 6) is -12.7. The molecule has 0 unspecified atom stereocenters. The van der Waals surface area contributed by atoms with E-state index in [1.54, 1.807) is 0 Å². The number of hydrogen-bond donors (Lipinski definition) is 0. The van der Waals surface area contributed by atoms with E-state index in [-0.39, 0.29) is 12.0 Å². The molecule has 0 aliphatic carbocycles. The van der Waals surface area contributed by atoms with E-state index < -0.39 is 51.8 Å². The van der Waals surface area contributed by atoms with Crippen molar-refractivity contribution in [3.8, 4) is 11.1 Å². The standard InChI is InChI=1S/C15H8F6O/c1-2-9(22)6-3-4-8(16)7(5-6)10-11(17)13(19)15(21)14(20)12(10)18/h3-5H,2H2,1H3. The van der Waals surface area contributed by atoms with E-state index in [9.17, 15) is 31.1 Å². The fourth-order valence-electron chi connectivity index (χ4n) is 1.94. The molecule has 0 aliphatic rings. The van der Waals surface area contributed by atoms with Crippen LogP contribution in [0.3, 0.4) is 0 Å². The molecule has 0 N–H and O–H groups in total. The molecule has 0 bridgehead atoms. The van der Waals surface area contributed by atoms with E-state index in [1.165, 1.54) is 6.92 Å². The Balaban J connectivity index is 2.80. The lowest BCUT2D eigenvalue weighted by Crippen LogP contribution is -2.06. The third-order valence-corrected chi connectivity index (χ3v) is 3.09. The molecular weight excluding hydrogens is 310 g/mol. The second-order valence-electron chi connectivity index (χ2n) is 4.42. The summed E-state index contributed by atoms with van der Waals surface area (Å²) in [5, 5.41) is 0. The number of Topliss-reactive ketones (excluding diaryl/α,β-unsaturated/α-hetero) is 1. The van der Waals surface area contributed by atoms with Gasteiger partial charge >= 0.3 is 0 Å². The first-order valence-corrected chi connectivity index (χ1v) is 6.14. The van der Waals surface area contributed by atoms with Crippen LogP contribution in [0.5, 0.6) is 0 Å². The fourth-order valence-corrected chi connectivity index (χ4v) is 1.94. The minimum absolute atomic E-state index is 0.0299. The predicted octanol–water partition coefficient (Wildman–Crippen LogP) is 4.78. The van der Waals surface area contributed by atoms with Gasteiger partial charge in [-0.05, 0) is 18.2 Å². The zero-order valence-corrected chi connectivity index (χ0v) is 11.1. The summed E-state index contributed by atoms with van der Waals surface area (Å²) in [6.07, 6.45) is 0.0299. The van der Waals surface area contributed by atoms with Crippen molar-refractivity contribution in [2.75, 3.05) is 0 Å². The topological polar surface area (TPSA) is 17.1 Å². The minimum Gasteiger partial charge on any atom is -0.294 e. The molecular formula is C15H8F6O. The van der Waals surface area contributed by atoms with Crippen molar-refractivity contribution in [1.82, 2.24) is 0 Å². The second-order valence-corrected chi connectivity index (χ2v) is 4.42. The summed E-state index contributed by atoms with van der Waals surface area (Å²) in [6.45, 7) is 1.50. The highest BCUT2D eigenvalue weighted by atomic mass is 19.2. The third kappa shape index (κ3) is 2.47. The van der Waals surface area contributed by atoms with Crippen LogP contribution < -0.4 is 0 Å². The van der Waals surface area contributed by atoms with Gasteiger partial charge in [0, 0.05) is 17.5 Å². The fraction of sp³-hybridized carbons (Fsp3) is 0.133. The Morgan fingerprint density at radius 3 is 1.86 bits per heavy atom. The molecule has 0 radical (unpaired) electrons. The van der Waals surface area contributed by atoms with Crippen LogP contribution in [0.15, 0.2) is 18.2 Å². The van der Waals surface area contributed by atoms with Crippen LogP contribution in [0.1, 0.15) is 23.7 Å². The first kappa shape index (κ1) is 16.1. The van der Waals surface area contributed by atoms with E-state index in [0.717, 1.165) is 18.2 Å². The molecule has 0 aliphatic heterocycles. The maximum absolute atomic E-state index is 13.8. The average Bonchev–Trinajstić information content (AvgIpc) is 2.52. The lowest BCUT2D eigenvalue weighted by Gasteiger charge is -2.10. The van der Waals surface area contributed by atoms with E-state index in [2.05, 4.69) is 0 Å². The number of rotatable bonds is 3. The molecule has 2 aromatic carbocycles. The van der Waals surface area contributed by atoms with Gasteiger partial charge in [-0.2, -0.15) is 0 Å². The van der Waals surface area contributed by atoms with Crippen LogP contribution in [0.2, 0.25) is 0 Å². The molecule has 116 valence electrons. The highest BCUT2D eigenvalue weighted by Crippen LogP contribution is 2.33. The van der Waals surface area contributed by atoms with Gasteiger partial charge in [-0.15, -0.1) is 0 Å². The second kappa shape index (κ2) is 5.82. The van der Waals surface area contributed by atoms with E-state index in [1.807, 2.05) is 0 Å².